The number of nitrogens with zero attached hydrogens (tertiary/aromatic N) is 4. The van der Waals surface area contributed by atoms with E-state index in [1.807, 2.05) is 26.0 Å². The summed E-state index contributed by atoms with van der Waals surface area (Å²) in [6, 6.07) is 10.8. The Balaban J connectivity index is 1.68. The topological polar surface area (TPSA) is 79.0 Å². The molecule has 2 heterocycles. The van der Waals surface area contributed by atoms with Crippen molar-refractivity contribution in [3.05, 3.63) is 81.0 Å². The van der Waals surface area contributed by atoms with E-state index in [2.05, 4.69) is 16.1 Å². The molecule has 4 rings (SSSR count). The quantitative estimate of drug-likeness (QED) is 0.458. The molecule has 0 aliphatic carbocycles. The standard InChI is InChI=1S/C22H19ClN4O3/c1-13-6-14(2)8-16(7-13)27-21-17(10-25-27)22(29)26(12-24-21)11-19(28)15-4-5-20(30-3)18(23)9-15/h4-10,12H,11H2,1-3H3. The number of hydrogen-bond donors (Lipinski definition) is 0. The monoisotopic (exact) mass is 422 g/mol. The highest BCUT2D eigenvalue weighted by atomic mass is 35.5. The maximum absolute atomic E-state index is 12.9. The summed E-state index contributed by atoms with van der Waals surface area (Å²) in [5.74, 6) is 0.219. The van der Waals surface area contributed by atoms with Crippen LogP contribution in [0.1, 0.15) is 21.5 Å². The number of aryl methyl sites for hydroxylation is 2. The van der Waals surface area contributed by atoms with Gasteiger partial charge in [-0.05, 0) is 55.3 Å². The number of fused-ring (bicyclic) bond motifs is 1. The van der Waals surface area contributed by atoms with Crippen LogP contribution in [0.5, 0.6) is 5.75 Å². The number of ketones is 1. The average molecular weight is 423 g/mol. The van der Waals surface area contributed by atoms with Crippen LogP contribution < -0.4 is 10.3 Å². The largest absolute Gasteiger partial charge is 0.495 e. The number of carbonyl (C=O) groups is 1. The maximum Gasteiger partial charge on any atom is 0.264 e. The van der Waals surface area contributed by atoms with Gasteiger partial charge in [-0.1, -0.05) is 17.7 Å². The van der Waals surface area contributed by atoms with Gasteiger partial charge >= 0.3 is 0 Å². The Hall–Kier alpha value is -3.45. The van der Waals surface area contributed by atoms with Gasteiger partial charge in [-0.15, -0.1) is 0 Å². The molecular formula is C22H19ClN4O3. The zero-order chi connectivity index (χ0) is 21.4. The molecule has 152 valence electrons. The highest BCUT2D eigenvalue weighted by molar-refractivity contribution is 6.32. The Morgan fingerprint density at radius 2 is 1.87 bits per heavy atom. The highest BCUT2D eigenvalue weighted by Gasteiger charge is 2.15. The molecule has 0 amide bonds. The maximum atomic E-state index is 12.9. The number of carbonyl (C=O) groups excluding carboxylic acids is 1. The number of benzene rings is 2. The first-order valence-electron chi connectivity index (χ1n) is 9.26. The molecule has 0 aliphatic rings. The van der Waals surface area contributed by atoms with Crippen molar-refractivity contribution in [2.75, 3.05) is 7.11 Å². The van der Waals surface area contributed by atoms with Crippen molar-refractivity contribution in [3.63, 3.8) is 0 Å². The molecular weight excluding hydrogens is 404 g/mol. The summed E-state index contributed by atoms with van der Waals surface area (Å²) in [5.41, 5.74) is 3.51. The Morgan fingerprint density at radius 3 is 2.53 bits per heavy atom. The first-order chi connectivity index (χ1) is 14.4. The number of methoxy groups -OCH3 is 1. The third-order valence-corrected chi connectivity index (χ3v) is 5.09. The van der Waals surface area contributed by atoms with Gasteiger partial charge in [0.2, 0.25) is 0 Å². The molecule has 2 aromatic carbocycles. The summed E-state index contributed by atoms with van der Waals surface area (Å²) in [7, 11) is 1.50. The minimum Gasteiger partial charge on any atom is -0.495 e. The van der Waals surface area contributed by atoms with Gasteiger partial charge < -0.3 is 4.74 Å². The molecule has 0 N–H and O–H groups in total. The number of rotatable bonds is 5. The predicted octanol–water partition coefficient (Wildman–Crippen LogP) is 3.74. The summed E-state index contributed by atoms with van der Waals surface area (Å²) < 4.78 is 8.01. The molecule has 0 saturated heterocycles. The molecule has 30 heavy (non-hydrogen) atoms. The van der Waals surface area contributed by atoms with E-state index in [1.165, 1.54) is 30.3 Å². The van der Waals surface area contributed by atoms with Crippen LogP contribution in [-0.4, -0.2) is 32.2 Å². The summed E-state index contributed by atoms with van der Waals surface area (Å²) in [5, 5.41) is 5.02. The van der Waals surface area contributed by atoms with E-state index in [1.54, 1.807) is 16.8 Å². The lowest BCUT2D eigenvalue weighted by molar-refractivity contribution is 0.0970. The van der Waals surface area contributed by atoms with E-state index in [9.17, 15) is 9.59 Å². The molecule has 2 aromatic heterocycles. The molecule has 7 nitrogen and oxygen atoms in total. The van der Waals surface area contributed by atoms with E-state index in [4.69, 9.17) is 16.3 Å². The van der Waals surface area contributed by atoms with E-state index in [0.717, 1.165) is 16.8 Å². The Labute approximate surface area is 177 Å². The van der Waals surface area contributed by atoms with Crippen LogP contribution >= 0.6 is 11.6 Å². The van der Waals surface area contributed by atoms with Crippen molar-refractivity contribution in [2.45, 2.75) is 20.4 Å². The van der Waals surface area contributed by atoms with Crippen molar-refractivity contribution >= 4 is 28.4 Å². The van der Waals surface area contributed by atoms with Crippen LogP contribution in [-0.2, 0) is 6.54 Å². The molecule has 0 spiro atoms. The van der Waals surface area contributed by atoms with Gasteiger partial charge in [0, 0.05) is 5.56 Å². The fraction of sp³-hybridized carbons (Fsp3) is 0.182. The van der Waals surface area contributed by atoms with Crippen molar-refractivity contribution in [2.24, 2.45) is 0 Å². The van der Waals surface area contributed by atoms with Crippen LogP contribution in [0.3, 0.4) is 0 Å². The highest BCUT2D eigenvalue weighted by Crippen LogP contribution is 2.25. The number of Topliss-reactive ketones (excluding diaryl/α,β-unsaturated/α-hetero) is 1. The second-order valence-electron chi connectivity index (χ2n) is 7.09. The normalized spacial score (nSPS) is 11.1. The minimum atomic E-state index is -0.330. The summed E-state index contributed by atoms with van der Waals surface area (Å²) in [6.07, 6.45) is 2.85. The van der Waals surface area contributed by atoms with E-state index in [-0.39, 0.29) is 17.9 Å². The van der Waals surface area contributed by atoms with Crippen molar-refractivity contribution in [3.8, 4) is 11.4 Å². The molecule has 4 aromatic rings. The van der Waals surface area contributed by atoms with E-state index < -0.39 is 0 Å². The number of ether oxygens (including phenoxy) is 1. The Bertz CT molecular complexity index is 1320. The van der Waals surface area contributed by atoms with Crippen molar-refractivity contribution in [1.82, 2.24) is 19.3 Å². The first kappa shape index (κ1) is 19.8. The zero-order valence-corrected chi connectivity index (χ0v) is 17.5. The predicted molar refractivity (Wildman–Crippen MR) is 115 cm³/mol. The fourth-order valence-electron chi connectivity index (χ4n) is 3.41. The van der Waals surface area contributed by atoms with Gasteiger partial charge in [0.25, 0.3) is 5.56 Å². The molecule has 0 radical (unpaired) electrons. The van der Waals surface area contributed by atoms with Crippen molar-refractivity contribution in [1.29, 1.82) is 0 Å². The second-order valence-corrected chi connectivity index (χ2v) is 7.50. The molecule has 0 saturated carbocycles. The zero-order valence-electron chi connectivity index (χ0n) is 16.7. The van der Waals surface area contributed by atoms with Crippen molar-refractivity contribution < 1.29 is 9.53 Å². The lowest BCUT2D eigenvalue weighted by atomic mass is 10.1. The Morgan fingerprint density at radius 1 is 1.13 bits per heavy atom. The summed E-state index contributed by atoms with van der Waals surface area (Å²) in [6.45, 7) is 3.85. The first-order valence-corrected chi connectivity index (χ1v) is 9.64. The van der Waals surface area contributed by atoms with E-state index in [0.29, 0.717) is 27.4 Å². The lowest BCUT2D eigenvalue weighted by Gasteiger charge is -2.08. The molecule has 0 aliphatic heterocycles. The van der Waals surface area contributed by atoms with Gasteiger partial charge in [0.15, 0.2) is 11.4 Å². The van der Waals surface area contributed by atoms with Gasteiger partial charge in [-0.3, -0.25) is 14.2 Å². The minimum absolute atomic E-state index is 0.154. The molecule has 0 fully saturated rings. The van der Waals surface area contributed by atoms with Crippen LogP contribution in [0.4, 0.5) is 0 Å². The lowest BCUT2D eigenvalue weighted by Crippen LogP contribution is -2.24. The van der Waals surface area contributed by atoms with Gasteiger partial charge in [0.05, 0.1) is 30.6 Å². The average Bonchev–Trinajstić information content (AvgIpc) is 3.14. The number of hydrogen-bond acceptors (Lipinski definition) is 5. The second kappa shape index (κ2) is 7.76. The SMILES string of the molecule is COc1ccc(C(=O)Cn2cnc3c(cnn3-c3cc(C)cc(C)c3)c2=O)cc1Cl. The fourth-order valence-corrected chi connectivity index (χ4v) is 3.67. The summed E-state index contributed by atoms with van der Waals surface area (Å²) >= 11 is 6.10. The third-order valence-electron chi connectivity index (χ3n) is 4.79. The molecule has 8 heteroatoms. The van der Waals surface area contributed by atoms with E-state index >= 15 is 0 Å². The van der Waals surface area contributed by atoms with Gasteiger partial charge in [-0.25, -0.2) is 9.67 Å². The van der Waals surface area contributed by atoms with Gasteiger partial charge in [0.1, 0.15) is 17.5 Å². The molecule has 0 atom stereocenters. The number of aromatic nitrogens is 4. The molecule has 0 bridgehead atoms. The van der Waals surface area contributed by atoms with Crippen LogP contribution in [0, 0.1) is 13.8 Å². The smallest absolute Gasteiger partial charge is 0.264 e. The van der Waals surface area contributed by atoms with Crippen LogP contribution in [0.15, 0.2) is 53.7 Å². The van der Waals surface area contributed by atoms with Crippen LogP contribution in [0.2, 0.25) is 5.02 Å². The third kappa shape index (κ3) is 3.59. The number of halogens is 1. The molecule has 0 unspecified atom stereocenters. The Kier molecular flexibility index (Phi) is 5.13. The van der Waals surface area contributed by atoms with Crippen LogP contribution in [0.25, 0.3) is 16.7 Å². The summed E-state index contributed by atoms with van der Waals surface area (Å²) in [4.78, 5) is 30.0. The van der Waals surface area contributed by atoms with Gasteiger partial charge in [-0.2, -0.15) is 5.10 Å².